The first-order chi connectivity index (χ1) is 8.14. The van der Waals surface area contributed by atoms with E-state index in [1.54, 1.807) is 0 Å². The van der Waals surface area contributed by atoms with Gasteiger partial charge in [-0.25, -0.2) is 0 Å². The summed E-state index contributed by atoms with van der Waals surface area (Å²) < 4.78 is 37.5. The summed E-state index contributed by atoms with van der Waals surface area (Å²) in [5, 5.41) is 19.0. The number of nitro benzene ring substituents is 1. The first kappa shape index (κ1) is 14.4. The lowest BCUT2D eigenvalue weighted by molar-refractivity contribution is -0.386. The third-order valence-electron chi connectivity index (χ3n) is 2.03. The SMILES string of the molecule is O=C(O)Cc1ccc([N+](=O)[O-])c(Br)c1C(F)(F)F. The Labute approximate surface area is 106 Å². The van der Waals surface area contributed by atoms with Crippen molar-refractivity contribution in [2.24, 2.45) is 0 Å². The molecule has 1 rings (SSSR count). The Hall–Kier alpha value is -1.64. The lowest BCUT2D eigenvalue weighted by Gasteiger charge is -2.13. The van der Waals surface area contributed by atoms with E-state index in [1.807, 2.05) is 0 Å². The van der Waals surface area contributed by atoms with Gasteiger partial charge in [0.15, 0.2) is 0 Å². The van der Waals surface area contributed by atoms with Gasteiger partial charge >= 0.3 is 12.1 Å². The number of aliphatic carboxylic acids is 1. The number of nitrogens with zero attached hydrogens (tertiary/aromatic N) is 1. The van der Waals surface area contributed by atoms with Crippen LogP contribution in [0.5, 0.6) is 0 Å². The van der Waals surface area contributed by atoms with Gasteiger partial charge in [-0.2, -0.15) is 13.2 Å². The van der Waals surface area contributed by atoms with Gasteiger partial charge < -0.3 is 5.11 Å². The summed E-state index contributed by atoms with van der Waals surface area (Å²) in [6.07, 6.45) is -5.75. The molecule has 0 saturated heterocycles. The highest BCUT2D eigenvalue weighted by Gasteiger charge is 2.39. The van der Waals surface area contributed by atoms with Crippen LogP contribution in [0, 0.1) is 10.1 Å². The van der Waals surface area contributed by atoms with E-state index in [2.05, 4.69) is 15.9 Å². The molecule has 0 aliphatic rings. The number of carboxylic acids is 1. The summed E-state index contributed by atoms with van der Waals surface area (Å²) in [5.74, 6) is -1.46. The number of rotatable bonds is 3. The third kappa shape index (κ3) is 2.97. The smallest absolute Gasteiger partial charge is 0.418 e. The van der Waals surface area contributed by atoms with Crippen LogP contribution >= 0.6 is 15.9 Å². The molecule has 18 heavy (non-hydrogen) atoms. The average molecular weight is 328 g/mol. The topological polar surface area (TPSA) is 80.4 Å². The van der Waals surface area contributed by atoms with Crippen LogP contribution < -0.4 is 0 Å². The predicted molar refractivity (Wildman–Crippen MR) is 57.1 cm³/mol. The van der Waals surface area contributed by atoms with E-state index in [4.69, 9.17) is 5.11 Å². The molecule has 1 aromatic rings. The highest BCUT2D eigenvalue weighted by atomic mass is 79.9. The molecule has 0 amide bonds. The standard InChI is InChI=1S/C9H5BrF3NO4/c10-8-5(14(17)18)2-1-4(3-6(15)16)7(8)9(11,12)13/h1-2H,3H2,(H,15,16). The van der Waals surface area contributed by atoms with Crippen molar-refractivity contribution >= 4 is 27.6 Å². The minimum absolute atomic E-state index is 0.535. The Morgan fingerprint density at radius 2 is 2.00 bits per heavy atom. The Morgan fingerprint density at radius 3 is 2.39 bits per heavy atom. The zero-order valence-corrected chi connectivity index (χ0v) is 10.1. The summed E-state index contributed by atoms with van der Waals surface area (Å²) >= 11 is 2.50. The molecular formula is C9H5BrF3NO4. The quantitative estimate of drug-likeness (QED) is 0.683. The van der Waals surface area contributed by atoms with Crippen molar-refractivity contribution in [2.45, 2.75) is 12.6 Å². The van der Waals surface area contributed by atoms with Crippen molar-refractivity contribution in [2.75, 3.05) is 0 Å². The van der Waals surface area contributed by atoms with Crippen LogP contribution in [0.1, 0.15) is 11.1 Å². The Balaban J connectivity index is 3.51. The first-order valence-electron chi connectivity index (χ1n) is 4.39. The molecule has 5 nitrogen and oxygen atoms in total. The van der Waals surface area contributed by atoms with Crippen LogP contribution in [-0.2, 0) is 17.4 Å². The van der Waals surface area contributed by atoms with E-state index in [1.165, 1.54) is 0 Å². The van der Waals surface area contributed by atoms with Gasteiger partial charge in [-0.1, -0.05) is 6.07 Å². The molecule has 0 aliphatic carbocycles. The van der Waals surface area contributed by atoms with Gasteiger partial charge in [0.25, 0.3) is 5.69 Å². The molecule has 1 N–H and O–H groups in total. The summed E-state index contributed by atoms with van der Waals surface area (Å²) in [6.45, 7) is 0. The minimum atomic E-state index is -4.88. The maximum atomic E-state index is 12.8. The van der Waals surface area contributed by atoms with Crippen LogP contribution in [0.4, 0.5) is 18.9 Å². The number of carbonyl (C=O) groups is 1. The summed E-state index contributed by atoms with van der Waals surface area (Å²) in [4.78, 5) is 20.0. The molecule has 0 saturated carbocycles. The highest BCUT2D eigenvalue weighted by Crippen LogP contribution is 2.41. The number of carboxylic acid groups (broad SMARTS) is 1. The van der Waals surface area contributed by atoms with Crippen molar-refractivity contribution in [3.63, 3.8) is 0 Å². The molecule has 0 aromatic heterocycles. The Kier molecular flexibility index (Phi) is 3.95. The lowest BCUT2D eigenvalue weighted by atomic mass is 10.0. The average Bonchev–Trinajstić information content (AvgIpc) is 2.13. The Bertz CT molecular complexity index is 515. The summed E-state index contributed by atoms with van der Waals surface area (Å²) in [7, 11) is 0. The normalized spacial score (nSPS) is 11.3. The number of hydrogen-bond acceptors (Lipinski definition) is 3. The molecule has 0 radical (unpaired) electrons. The van der Waals surface area contributed by atoms with Gasteiger partial charge in [-0.3, -0.25) is 14.9 Å². The van der Waals surface area contributed by atoms with Gasteiger partial charge in [-0.15, -0.1) is 0 Å². The fourth-order valence-corrected chi connectivity index (χ4v) is 2.12. The van der Waals surface area contributed by atoms with Gasteiger partial charge in [0, 0.05) is 6.07 Å². The molecule has 9 heteroatoms. The Morgan fingerprint density at radius 1 is 1.44 bits per heavy atom. The summed E-state index contributed by atoms with van der Waals surface area (Å²) in [5.41, 5.74) is -2.64. The van der Waals surface area contributed by atoms with Crippen molar-refractivity contribution in [3.8, 4) is 0 Å². The van der Waals surface area contributed by atoms with Crippen molar-refractivity contribution in [3.05, 3.63) is 37.8 Å². The van der Waals surface area contributed by atoms with Crippen molar-refractivity contribution < 1.29 is 28.0 Å². The predicted octanol–water partition coefficient (Wildman–Crippen LogP) is 3.00. The molecule has 98 valence electrons. The number of alkyl halides is 3. The van der Waals surface area contributed by atoms with E-state index >= 15 is 0 Å². The van der Waals surface area contributed by atoms with Crippen molar-refractivity contribution in [1.82, 2.24) is 0 Å². The second kappa shape index (κ2) is 4.92. The minimum Gasteiger partial charge on any atom is -0.481 e. The van der Waals surface area contributed by atoms with Crippen LogP contribution in [0.2, 0.25) is 0 Å². The van der Waals surface area contributed by atoms with E-state index in [0.29, 0.717) is 0 Å². The second-order valence-corrected chi connectivity index (χ2v) is 4.05. The highest BCUT2D eigenvalue weighted by molar-refractivity contribution is 9.10. The fraction of sp³-hybridized carbons (Fsp3) is 0.222. The van der Waals surface area contributed by atoms with E-state index < -0.39 is 44.8 Å². The number of nitro groups is 1. The van der Waals surface area contributed by atoms with Gasteiger partial charge in [0.1, 0.15) is 4.47 Å². The molecule has 0 bridgehead atoms. The summed E-state index contributed by atoms with van der Waals surface area (Å²) in [6, 6.07) is 1.62. The molecular weight excluding hydrogens is 323 g/mol. The number of benzene rings is 1. The van der Waals surface area contributed by atoms with Gasteiger partial charge in [0.05, 0.1) is 16.9 Å². The maximum Gasteiger partial charge on any atom is 0.418 e. The maximum absolute atomic E-state index is 12.8. The first-order valence-corrected chi connectivity index (χ1v) is 5.18. The molecule has 0 unspecified atom stereocenters. The van der Waals surface area contributed by atoms with E-state index in [9.17, 15) is 28.1 Å². The fourth-order valence-electron chi connectivity index (χ4n) is 1.36. The third-order valence-corrected chi connectivity index (χ3v) is 2.83. The molecule has 0 atom stereocenters. The number of halogens is 4. The van der Waals surface area contributed by atoms with Gasteiger partial charge in [-0.05, 0) is 21.5 Å². The van der Waals surface area contributed by atoms with Crippen LogP contribution in [0.25, 0.3) is 0 Å². The van der Waals surface area contributed by atoms with Crippen molar-refractivity contribution in [1.29, 1.82) is 0 Å². The zero-order valence-electron chi connectivity index (χ0n) is 8.49. The second-order valence-electron chi connectivity index (χ2n) is 3.26. The van der Waals surface area contributed by atoms with Gasteiger partial charge in [0.2, 0.25) is 0 Å². The van der Waals surface area contributed by atoms with E-state index in [-0.39, 0.29) is 0 Å². The molecule has 1 aromatic carbocycles. The van der Waals surface area contributed by atoms with Crippen LogP contribution in [0.3, 0.4) is 0 Å². The molecule has 0 fully saturated rings. The molecule has 0 aliphatic heterocycles. The van der Waals surface area contributed by atoms with E-state index in [0.717, 1.165) is 12.1 Å². The van der Waals surface area contributed by atoms with Crippen LogP contribution in [-0.4, -0.2) is 16.0 Å². The zero-order chi connectivity index (χ0) is 14.1. The van der Waals surface area contributed by atoms with Crippen LogP contribution in [0.15, 0.2) is 16.6 Å². The lowest BCUT2D eigenvalue weighted by Crippen LogP contribution is -2.14. The number of hydrogen-bond donors (Lipinski definition) is 1. The monoisotopic (exact) mass is 327 g/mol. The largest absolute Gasteiger partial charge is 0.481 e. The molecule has 0 spiro atoms. The molecule has 0 heterocycles.